The number of urea groups is 1. The molecule has 0 bridgehead atoms. The van der Waals surface area contributed by atoms with Crippen molar-refractivity contribution in [2.45, 2.75) is 0 Å². The van der Waals surface area contributed by atoms with Crippen molar-refractivity contribution in [1.82, 2.24) is 5.32 Å². The van der Waals surface area contributed by atoms with Gasteiger partial charge in [-0.3, -0.25) is 10.1 Å². The molecule has 0 atom stereocenters. The summed E-state index contributed by atoms with van der Waals surface area (Å²) in [7, 11) is 0. The van der Waals surface area contributed by atoms with Crippen LogP contribution in [0.4, 0.5) is 4.79 Å². The molecular formula is C6H6N2O2S. The monoisotopic (exact) mass is 170 g/mol. The van der Waals surface area contributed by atoms with E-state index in [9.17, 15) is 9.59 Å². The van der Waals surface area contributed by atoms with E-state index in [1.54, 1.807) is 6.26 Å². The van der Waals surface area contributed by atoms with Crippen LogP contribution in [0.1, 0.15) is 0 Å². The van der Waals surface area contributed by atoms with Crippen LogP contribution >= 0.6 is 11.8 Å². The second-order valence-electron chi connectivity index (χ2n) is 1.86. The molecule has 0 aliphatic carbocycles. The lowest BCUT2D eigenvalue weighted by Gasteiger charge is -2.10. The Kier molecular flexibility index (Phi) is 2.09. The van der Waals surface area contributed by atoms with Crippen LogP contribution in [0.3, 0.4) is 0 Å². The van der Waals surface area contributed by atoms with Crippen LogP contribution in [0.25, 0.3) is 0 Å². The molecule has 5 heteroatoms. The Balaban J connectivity index is 2.99. The number of rotatable bonds is 0. The number of thioether (sulfide) groups is 1. The quantitative estimate of drug-likeness (QED) is 0.540. The summed E-state index contributed by atoms with van der Waals surface area (Å²) in [6.45, 7) is 3.47. The summed E-state index contributed by atoms with van der Waals surface area (Å²) in [6, 6.07) is -0.619. The number of nitrogens with zero attached hydrogens (tertiary/aromatic N) is 1. The van der Waals surface area contributed by atoms with Gasteiger partial charge >= 0.3 is 6.03 Å². The Morgan fingerprint density at radius 2 is 2.18 bits per heavy atom. The molecule has 1 heterocycles. The number of carbonyl (C=O) groups excluding carboxylic acids is 2. The molecule has 11 heavy (non-hydrogen) atoms. The lowest BCUT2D eigenvalue weighted by molar-refractivity contribution is -0.116. The predicted molar refractivity (Wildman–Crippen MR) is 43.6 cm³/mol. The molecule has 0 radical (unpaired) electrons. The standard InChI is InChI=1S/C6H6N2O2S/c1-3-4(9)7-6(10)8-5(3)11-2/h1H2,2H3,(H,7,9,10). The van der Waals surface area contributed by atoms with E-state index in [1.165, 1.54) is 11.8 Å². The zero-order valence-corrected chi connectivity index (χ0v) is 6.70. The SMILES string of the molecule is C=C1C(=O)NC(=O)N=C1SC. The summed E-state index contributed by atoms with van der Waals surface area (Å²) >= 11 is 1.23. The van der Waals surface area contributed by atoms with Crippen LogP contribution in [0.15, 0.2) is 17.1 Å². The molecule has 58 valence electrons. The summed E-state index contributed by atoms with van der Waals surface area (Å²) in [4.78, 5) is 25.0. The third kappa shape index (κ3) is 1.48. The highest BCUT2D eigenvalue weighted by molar-refractivity contribution is 8.14. The van der Waals surface area contributed by atoms with Gasteiger partial charge in [0.05, 0.1) is 5.57 Å². The highest BCUT2D eigenvalue weighted by atomic mass is 32.2. The highest BCUT2D eigenvalue weighted by Gasteiger charge is 2.21. The maximum atomic E-state index is 10.8. The molecule has 0 aromatic carbocycles. The van der Waals surface area contributed by atoms with Gasteiger partial charge in [0.1, 0.15) is 5.04 Å². The first-order valence-electron chi connectivity index (χ1n) is 2.82. The Morgan fingerprint density at radius 3 is 2.73 bits per heavy atom. The van der Waals surface area contributed by atoms with Gasteiger partial charge in [-0.25, -0.2) is 4.79 Å². The van der Waals surface area contributed by atoms with E-state index in [-0.39, 0.29) is 5.57 Å². The number of nitrogens with one attached hydrogen (secondary N) is 1. The van der Waals surface area contributed by atoms with E-state index in [0.29, 0.717) is 5.04 Å². The minimum absolute atomic E-state index is 0.247. The summed E-state index contributed by atoms with van der Waals surface area (Å²) in [5.74, 6) is -0.464. The van der Waals surface area contributed by atoms with Gasteiger partial charge in [-0.2, -0.15) is 4.99 Å². The normalized spacial score (nSPS) is 17.9. The summed E-state index contributed by atoms with van der Waals surface area (Å²) in [6.07, 6.45) is 1.73. The van der Waals surface area contributed by atoms with Crippen molar-refractivity contribution >= 4 is 28.7 Å². The molecular weight excluding hydrogens is 164 g/mol. The number of hydrogen-bond acceptors (Lipinski definition) is 3. The average Bonchev–Trinajstić information content (AvgIpc) is 1.96. The zero-order chi connectivity index (χ0) is 8.43. The Morgan fingerprint density at radius 1 is 1.55 bits per heavy atom. The van der Waals surface area contributed by atoms with E-state index in [4.69, 9.17) is 0 Å². The zero-order valence-electron chi connectivity index (χ0n) is 5.88. The summed E-state index contributed by atoms with van der Waals surface area (Å²) in [5.41, 5.74) is 0.247. The van der Waals surface area contributed by atoms with Gasteiger partial charge in [0, 0.05) is 0 Å². The van der Waals surface area contributed by atoms with Crippen molar-refractivity contribution in [2.75, 3.05) is 6.26 Å². The van der Waals surface area contributed by atoms with Crippen molar-refractivity contribution in [3.05, 3.63) is 12.2 Å². The third-order valence-electron chi connectivity index (χ3n) is 1.15. The van der Waals surface area contributed by atoms with Gasteiger partial charge in [-0.1, -0.05) is 6.58 Å². The molecule has 1 N–H and O–H groups in total. The lowest BCUT2D eigenvalue weighted by atomic mass is 10.3. The van der Waals surface area contributed by atoms with Crippen LogP contribution < -0.4 is 5.32 Å². The highest BCUT2D eigenvalue weighted by Crippen LogP contribution is 2.11. The van der Waals surface area contributed by atoms with Crippen LogP contribution in [-0.2, 0) is 4.79 Å². The van der Waals surface area contributed by atoms with E-state index < -0.39 is 11.9 Å². The molecule has 1 aliphatic heterocycles. The molecule has 1 aliphatic rings. The summed E-state index contributed by atoms with van der Waals surface area (Å²) in [5, 5.41) is 2.40. The van der Waals surface area contributed by atoms with Gasteiger partial charge in [0.15, 0.2) is 0 Å². The Labute approximate surface area is 67.8 Å². The molecule has 0 spiro atoms. The third-order valence-corrected chi connectivity index (χ3v) is 1.87. The molecule has 0 unspecified atom stereocenters. The predicted octanol–water partition coefficient (Wildman–Crippen LogP) is 0.554. The van der Waals surface area contributed by atoms with Crippen LogP contribution in [0.5, 0.6) is 0 Å². The Bertz CT molecular complexity index is 270. The minimum atomic E-state index is -0.619. The number of carbonyl (C=O) groups is 2. The molecule has 0 aromatic rings. The topological polar surface area (TPSA) is 58.5 Å². The van der Waals surface area contributed by atoms with Crippen LogP contribution in [0.2, 0.25) is 0 Å². The molecule has 0 fully saturated rings. The van der Waals surface area contributed by atoms with Crippen molar-refractivity contribution in [2.24, 2.45) is 4.99 Å². The van der Waals surface area contributed by atoms with Gasteiger partial charge in [0.25, 0.3) is 5.91 Å². The largest absolute Gasteiger partial charge is 0.348 e. The van der Waals surface area contributed by atoms with Gasteiger partial charge in [-0.15, -0.1) is 11.8 Å². The van der Waals surface area contributed by atoms with Crippen molar-refractivity contribution < 1.29 is 9.59 Å². The first-order valence-corrected chi connectivity index (χ1v) is 4.05. The number of amides is 3. The smallest absolute Gasteiger partial charge is 0.272 e. The second kappa shape index (κ2) is 2.87. The molecule has 4 nitrogen and oxygen atoms in total. The number of hydrogen-bond donors (Lipinski definition) is 1. The van der Waals surface area contributed by atoms with Gasteiger partial charge in [0.2, 0.25) is 0 Å². The second-order valence-corrected chi connectivity index (χ2v) is 2.65. The van der Waals surface area contributed by atoms with E-state index in [0.717, 1.165) is 0 Å². The van der Waals surface area contributed by atoms with Crippen molar-refractivity contribution in [3.63, 3.8) is 0 Å². The van der Waals surface area contributed by atoms with Crippen molar-refractivity contribution in [3.8, 4) is 0 Å². The average molecular weight is 170 g/mol. The maximum Gasteiger partial charge on any atom is 0.348 e. The molecule has 0 saturated heterocycles. The molecule has 3 amide bonds. The van der Waals surface area contributed by atoms with E-state index >= 15 is 0 Å². The lowest BCUT2D eigenvalue weighted by Crippen LogP contribution is -2.35. The van der Waals surface area contributed by atoms with Gasteiger partial charge < -0.3 is 0 Å². The first kappa shape index (κ1) is 8.00. The van der Waals surface area contributed by atoms with E-state index in [1.807, 2.05) is 5.32 Å². The Hall–Kier alpha value is -1.10. The summed E-state index contributed by atoms with van der Waals surface area (Å²) < 4.78 is 0. The van der Waals surface area contributed by atoms with Gasteiger partial charge in [-0.05, 0) is 6.26 Å². The fraction of sp³-hybridized carbons (Fsp3) is 0.167. The minimum Gasteiger partial charge on any atom is -0.272 e. The first-order chi connectivity index (χ1) is 5.15. The van der Waals surface area contributed by atoms with Crippen molar-refractivity contribution in [1.29, 1.82) is 0 Å². The molecule has 0 aromatic heterocycles. The van der Waals surface area contributed by atoms with E-state index in [2.05, 4.69) is 11.6 Å². The fourth-order valence-corrected chi connectivity index (χ4v) is 1.14. The molecule has 0 saturated carbocycles. The molecule has 1 rings (SSSR count). The number of aliphatic imine (C=N–C) groups is 1. The number of imide groups is 1. The maximum absolute atomic E-state index is 10.8. The fourth-order valence-electron chi connectivity index (χ4n) is 0.626. The van der Waals surface area contributed by atoms with Crippen LogP contribution in [-0.4, -0.2) is 23.2 Å². The van der Waals surface area contributed by atoms with Crippen LogP contribution in [0, 0.1) is 0 Å².